The first kappa shape index (κ1) is 21.0. The van der Waals surface area contributed by atoms with E-state index in [-0.39, 0.29) is 17.5 Å². The Bertz CT molecular complexity index is 821. The second-order valence-corrected chi connectivity index (χ2v) is 5.78. The predicted octanol–water partition coefficient (Wildman–Crippen LogP) is 2.28. The topological polar surface area (TPSA) is 107 Å². The Hall–Kier alpha value is -3.26. The summed E-state index contributed by atoms with van der Waals surface area (Å²) >= 11 is 0. The Morgan fingerprint density at radius 1 is 1.04 bits per heavy atom. The van der Waals surface area contributed by atoms with Crippen molar-refractivity contribution in [3.63, 3.8) is 0 Å². The maximum atomic E-state index is 12.4. The van der Waals surface area contributed by atoms with Crippen molar-refractivity contribution in [2.75, 3.05) is 32.2 Å². The van der Waals surface area contributed by atoms with E-state index in [1.165, 1.54) is 18.3 Å². The van der Waals surface area contributed by atoms with Gasteiger partial charge in [0.25, 0.3) is 11.8 Å². The second-order valence-electron chi connectivity index (χ2n) is 5.78. The first-order valence-corrected chi connectivity index (χ1v) is 8.87. The van der Waals surface area contributed by atoms with Crippen LogP contribution in [0.4, 0.5) is 5.69 Å². The average molecular weight is 385 g/mol. The van der Waals surface area contributed by atoms with Gasteiger partial charge in [0.15, 0.2) is 0 Å². The van der Waals surface area contributed by atoms with Crippen LogP contribution in [0.5, 0.6) is 0 Å². The molecule has 148 valence electrons. The molecule has 2 rings (SSSR count). The Labute approximate surface area is 163 Å². The summed E-state index contributed by atoms with van der Waals surface area (Å²) in [5, 5.41) is 5.44. The number of hydrogen-bond acceptors (Lipinski definition) is 6. The van der Waals surface area contributed by atoms with Crippen molar-refractivity contribution in [2.24, 2.45) is 0 Å². The largest absolute Gasteiger partial charge is 0.462 e. The number of nitrogens with one attached hydrogen (secondary N) is 2. The number of pyridine rings is 1. The normalized spacial score (nSPS) is 10.2. The molecule has 2 amide bonds. The molecule has 0 saturated carbocycles. The Balaban J connectivity index is 1.98. The highest BCUT2D eigenvalue weighted by Crippen LogP contribution is 2.13. The Morgan fingerprint density at radius 2 is 1.79 bits per heavy atom. The Kier molecular flexibility index (Phi) is 8.11. The van der Waals surface area contributed by atoms with E-state index in [1.807, 2.05) is 0 Å². The number of anilines is 1. The lowest BCUT2D eigenvalue weighted by molar-refractivity contribution is 0.0526. The third-order valence-corrected chi connectivity index (χ3v) is 3.72. The number of aromatic nitrogens is 1. The molecule has 0 aliphatic carbocycles. The van der Waals surface area contributed by atoms with Gasteiger partial charge in [-0.05, 0) is 49.7 Å². The molecule has 0 saturated heterocycles. The molecule has 0 aliphatic heterocycles. The standard InChI is InChI=1S/C20H23N3O5/c1-3-28-20(26)14-5-7-16(8-6-14)23-18(24)15-9-11-21-17(13-15)19(25)22-10-4-12-27-2/h5-9,11,13H,3-4,10,12H2,1-2H3,(H,22,25)(H,23,24). The fourth-order valence-corrected chi connectivity index (χ4v) is 2.31. The van der Waals surface area contributed by atoms with Crippen LogP contribution < -0.4 is 10.6 Å². The smallest absolute Gasteiger partial charge is 0.338 e. The van der Waals surface area contributed by atoms with Crippen LogP contribution in [0.15, 0.2) is 42.6 Å². The van der Waals surface area contributed by atoms with Crippen molar-refractivity contribution in [3.05, 3.63) is 59.4 Å². The molecule has 1 heterocycles. The van der Waals surface area contributed by atoms with Crippen molar-refractivity contribution in [1.82, 2.24) is 10.3 Å². The molecule has 0 atom stereocenters. The molecule has 1 aromatic heterocycles. The van der Waals surface area contributed by atoms with Gasteiger partial charge in [-0.25, -0.2) is 4.79 Å². The highest BCUT2D eigenvalue weighted by Gasteiger charge is 2.12. The van der Waals surface area contributed by atoms with Gasteiger partial charge in [-0.1, -0.05) is 0 Å². The molecule has 0 radical (unpaired) electrons. The number of nitrogens with zero attached hydrogens (tertiary/aromatic N) is 1. The van der Waals surface area contributed by atoms with E-state index in [0.29, 0.717) is 43.0 Å². The van der Waals surface area contributed by atoms with Gasteiger partial charge in [0.1, 0.15) is 5.69 Å². The second kappa shape index (κ2) is 10.8. The van der Waals surface area contributed by atoms with E-state index in [4.69, 9.17) is 9.47 Å². The summed E-state index contributed by atoms with van der Waals surface area (Å²) in [5.41, 5.74) is 1.37. The molecule has 8 nitrogen and oxygen atoms in total. The molecule has 2 aromatic rings. The maximum Gasteiger partial charge on any atom is 0.338 e. The molecular weight excluding hydrogens is 362 g/mol. The lowest BCUT2D eigenvalue weighted by Crippen LogP contribution is -2.26. The van der Waals surface area contributed by atoms with Crippen molar-refractivity contribution in [3.8, 4) is 0 Å². The van der Waals surface area contributed by atoms with Gasteiger partial charge in [-0.3, -0.25) is 14.6 Å². The fourth-order valence-electron chi connectivity index (χ4n) is 2.31. The maximum absolute atomic E-state index is 12.4. The lowest BCUT2D eigenvalue weighted by atomic mass is 10.1. The third-order valence-electron chi connectivity index (χ3n) is 3.72. The molecule has 1 aromatic carbocycles. The third kappa shape index (κ3) is 6.17. The minimum absolute atomic E-state index is 0.155. The number of esters is 1. The molecule has 28 heavy (non-hydrogen) atoms. The SMILES string of the molecule is CCOC(=O)c1ccc(NC(=O)c2ccnc(C(=O)NCCCOC)c2)cc1. The summed E-state index contributed by atoms with van der Waals surface area (Å²) in [6, 6.07) is 9.29. The number of methoxy groups -OCH3 is 1. The number of hydrogen-bond donors (Lipinski definition) is 2. The van der Waals surface area contributed by atoms with Crippen molar-refractivity contribution >= 4 is 23.5 Å². The van der Waals surface area contributed by atoms with Crippen LogP contribution in [0.3, 0.4) is 0 Å². The minimum atomic E-state index is -0.421. The molecular formula is C20H23N3O5. The predicted molar refractivity (Wildman–Crippen MR) is 103 cm³/mol. The summed E-state index contributed by atoms with van der Waals surface area (Å²) in [6.07, 6.45) is 2.09. The van der Waals surface area contributed by atoms with Crippen LogP contribution in [0.25, 0.3) is 0 Å². The molecule has 0 spiro atoms. The van der Waals surface area contributed by atoms with E-state index >= 15 is 0 Å². The summed E-state index contributed by atoms with van der Waals surface area (Å²) in [4.78, 5) is 40.2. The number of amides is 2. The summed E-state index contributed by atoms with van der Waals surface area (Å²) in [5.74, 6) is -1.17. The number of benzene rings is 1. The van der Waals surface area contributed by atoms with Gasteiger partial charge in [-0.15, -0.1) is 0 Å². The molecule has 8 heteroatoms. The minimum Gasteiger partial charge on any atom is -0.462 e. The van der Waals surface area contributed by atoms with Gasteiger partial charge < -0.3 is 20.1 Å². The first-order chi connectivity index (χ1) is 13.5. The van der Waals surface area contributed by atoms with Gasteiger partial charge in [-0.2, -0.15) is 0 Å². The van der Waals surface area contributed by atoms with E-state index in [2.05, 4.69) is 15.6 Å². The van der Waals surface area contributed by atoms with Gasteiger partial charge >= 0.3 is 5.97 Å². The molecule has 0 unspecified atom stereocenters. The number of rotatable bonds is 9. The number of ether oxygens (including phenoxy) is 2. The summed E-state index contributed by atoms with van der Waals surface area (Å²) < 4.78 is 9.84. The van der Waals surface area contributed by atoms with Crippen LogP contribution in [0.1, 0.15) is 44.5 Å². The lowest BCUT2D eigenvalue weighted by Gasteiger charge is -2.08. The van der Waals surface area contributed by atoms with Crippen molar-refractivity contribution in [2.45, 2.75) is 13.3 Å². The summed E-state index contributed by atoms with van der Waals surface area (Å²) in [7, 11) is 1.59. The van der Waals surface area contributed by atoms with Gasteiger partial charge in [0.2, 0.25) is 0 Å². The highest BCUT2D eigenvalue weighted by molar-refractivity contribution is 6.05. The first-order valence-electron chi connectivity index (χ1n) is 8.87. The molecule has 0 aliphatic rings. The van der Waals surface area contributed by atoms with E-state index in [1.54, 1.807) is 38.3 Å². The van der Waals surface area contributed by atoms with Crippen LogP contribution in [-0.2, 0) is 9.47 Å². The molecule has 0 bridgehead atoms. The van der Waals surface area contributed by atoms with Crippen LogP contribution in [0, 0.1) is 0 Å². The number of carbonyl (C=O) groups excluding carboxylic acids is 3. The van der Waals surface area contributed by atoms with Gasteiger partial charge in [0, 0.05) is 37.7 Å². The van der Waals surface area contributed by atoms with Crippen molar-refractivity contribution in [1.29, 1.82) is 0 Å². The number of carbonyl (C=O) groups is 3. The molecule has 0 fully saturated rings. The van der Waals surface area contributed by atoms with Gasteiger partial charge in [0.05, 0.1) is 12.2 Å². The van der Waals surface area contributed by atoms with E-state index in [9.17, 15) is 14.4 Å². The van der Waals surface area contributed by atoms with Crippen LogP contribution in [-0.4, -0.2) is 49.6 Å². The monoisotopic (exact) mass is 385 g/mol. The van der Waals surface area contributed by atoms with Crippen molar-refractivity contribution < 1.29 is 23.9 Å². The Morgan fingerprint density at radius 3 is 2.46 bits per heavy atom. The quantitative estimate of drug-likeness (QED) is 0.507. The van der Waals surface area contributed by atoms with E-state index in [0.717, 1.165) is 0 Å². The fraction of sp³-hybridized carbons (Fsp3) is 0.300. The average Bonchev–Trinajstić information content (AvgIpc) is 2.72. The summed E-state index contributed by atoms with van der Waals surface area (Å²) in [6.45, 7) is 3.03. The van der Waals surface area contributed by atoms with Crippen LogP contribution >= 0.6 is 0 Å². The molecule has 2 N–H and O–H groups in total. The highest BCUT2D eigenvalue weighted by atomic mass is 16.5. The zero-order valence-electron chi connectivity index (χ0n) is 15.9. The zero-order valence-corrected chi connectivity index (χ0v) is 15.9. The van der Waals surface area contributed by atoms with E-state index < -0.39 is 5.97 Å². The zero-order chi connectivity index (χ0) is 20.4. The van der Waals surface area contributed by atoms with Crippen LogP contribution in [0.2, 0.25) is 0 Å².